The van der Waals surface area contributed by atoms with E-state index >= 15 is 0 Å². The molecule has 3 aromatic carbocycles. The molecule has 2 amide bonds. The van der Waals surface area contributed by atoms with Gasteiger partial charge in [0.1, 0.15) is 11.8 Å². The number of nitrogens with one attached hydrogen (secondary N) is 1. The Morgan fingerprint density at radius 3 is 2.38 bits per heavy atom. The van der Waals surface area contributed by atoms with Gasteiger partial charge in [-0.25, -0.2) is 0 Å². The van der Waals surface area contributed by atoms with Crippen LogP contribution >= 0.6 is 38.5 Å². The van der Waals surface area contributed by atoms with Gasteiger partial charge in [0.05, 0.1) is 0 Å². The maximum atomic E-state index is 13.5. The van der Waals surface area contributed by atoms with Crippen LogP contribution in [0.3, 0.4) is 0 Å². The first-order valence-corrected chi connectivity index (χ1v) is 13.1. The molecule has 7 heteroatoms. The summed E-state index contributed by atoms with van der Waals surface area (Å²) in [6.45, 7) is 2.71. The third-order valence-corrected chi connectivity index (χ3v) is 6.45. The van der Waals surface area contributed by atoms with Crippen LogP contribution in [0.1, 0.15) is 24.5 Å². The first-order chi connectivity index (χ1) is 16.5. The lowest BCUT2D eigenvalue weighted by atomic mass is 10.0. The van der Waals surface area contributed by atoms with E-state index < -0.39 is 6.04 Å². The predicted molar refractivity (Wildman–Crippen MR) is 147 cm³/mol. The molecule has 0 aromatic heterocycles. The molecule has 3 aromatic rings. The Morgan fingerprint density at radius 2 is 1.71 bits per heavy atom. The lowest BCUT2D eigenvalue weighted by molar-refractivity contribution is -0.142. The standard InChI is InChI=1S/C27H28BrIN2O3/c1-2-15-30-27(33)25(17-20-7-4-3-5-8-20)31(18-21-9-6-10-22(28)16-21)26(32)19-34-24-13-11-23(29)12-14-24/h3-14,16,25H,2,15,17-19H2,1H3,(H,30,33)/t25-/m1/s1. The second-order valence-corrected chi connectivity index (χ2v) is 10.1. The lowest BCUT2D eigenvalue weighted by Gasteiger charge is -2.31. The second-order valence-electron chi connectivity index (χ2n) is 7.89. The van der Waals surface area contributed by atoms with Crippen LogP contribution in [0.25, 0.3) is 0 Å². The minimum Gasteiger partial charge on any atom is -0.484 e. The van der Waals surface area contributed by atoms with Crippen molar-refractivity contribution in [1.82, 2.24) is 10.2 Å². The number of hydrogen-bond acceptors (Lipinski definition) is 3. The molecule has 1 N–H and O–H groups in total. The van der Waals surface area contributed by atoms with Crippen LogP contribution in [-0.4, -0.2) is 35.9 Å². The number of amides is 2. The molecule has 178 valence electrons. The van der Waals surface area contributed by atoms with E-state index in [-0.39, 0.29) is 18.4 Å². The van der Waals surface area contributed by atoms with Crippen LogP contribution in [-0.2, 0) is 22.6 Å². The number of halogens is 2. The Morgan fingerprint density at radius 1 is 1.00 bits per heavy atom. The summed E-state index contributed by atoms with van der Waals surface area (Å²) in [5, 5.41) is 2.98. The summed E-state index contributed by atoms with van der Waals surface area (Å²) in [7, 11) is 0. The van der Waals surface area contributed by atoms with Crippen LogP contribution in [0.5, 0.6) is 5.75 Å². The molecule has 5 nitrogen and oxygen atoms in total. The molecule has 0 aliphatic heterocycles. The number of hydrogen-bond donors (Lipinski definition) is 1. The molecule has 0 aliphatic carbocycles. The van der Waals surface area contributed by atoms with Crippen LogP contribution in [0.2, 0.25) is 0 Å². The number of nitrogens with zero attached hydrogens (tertiary/aromatic N) is 1. The van der Waals surface area contributed by atoms with Crippen molar-refractivity contribution in [2.75, 3.05) is 13.2 Å². The largest absolute Gasteiger partial charge is 0.484 e. The smallest absolute Gasteiger partial charge is 0.261 e. The molecule has 3 rings (SSSR count). The third kappa shape index (κ3) is 8.13. The molecule has 0 radical (unpaired) electrons. The number of carbonyl (C=O) groups excluding carboxylic acids is 2. The van der Waals surface area contributed by atoms with Crippen molar-refractivity contribution in [3.05, 3.63) is 98.0 Å². The van der Waals surface area contributed by atoms with Crippen molar-refractivity contribution in [3.63, 3.8) is 0 Å². The maximum absolute atomic E-state index is 13.5. The van der Waals surface area contributed by atoms with Gasteiger partial charge in [0, 0.05) is 27.6 Å². The molecular weight excluding hydrogens is 607 g/mol. The molecule has 0 fully saturated rings. The van der Waals surface area contributed by atoms with Gasteiger partial charge in [0.2, 0.25) is 5.91 Å². The fraction of sp³-hybridized carbons (Fsp3) is 0.259. The fourth-order valence-corrected chi connectivity index (χ4v) is 4.32. The Bertz CT molecular complexity index is 1080. The molecule has 1 atom stereocenters. The van der Waals surface area contributed by atoms with Gasteiger partial charge in [0.15, 0.2) is 6.61 Å². The topological polar surface area (TPSA) is 58.6 Å². The molecule has 0 saturated heterocycles. The highest BCUT2D eigenvalue weighted by atomic mass is 127. The number of ether oxygens (including phenoxy) is 1. The number of carbonyl (C=O) groups is 2. The van der Waals surface area contributed by atoms with E-state index in [1.165, 1.54) is 0 Å². The van der Waals surface area contributed by atoms with Crippen LogP contribution in [0.4, 0.5) is 0 Å². The highest BCUT2D eigenvalue weighted by Crippen LogP contribution is 2.19. The van der Waals surface area contributed by atoms with Gasteiger partial charge >= 0.3 is 0 Å². The normalized spacial score (nSPS) is 11.5. The molecule has 0 bridgehead atoms. The van der Waals surface area contributed by atoms with Gasteiger partial charge in [-0.05, 0) is 76.5 Å². The van der Waals surface area contributed by atoms with Gasteiger partial charge in [-0.3, -0.25) is 9.59 Å². The summed E-state index contributed by atoms with van der Waals surface area (Å²) in [5.74, 6) is 0.209. The van der Waals surface area contributed by atoms with Crippen molar-refractivity contribution in [2.24, 2.45) is 0 Å². The molecule has 0 heterocycles. The lowest BCUT2D eigenvalue weighted by Crippen LogP contribution is -2.51. The first kappa shape index (κ1) is 26.2. The molecule has 0 unspecified atom stereocenters. The van der Waals surface area contributed by atoms with Crippen molar-refractivity contribution in [3.8, 4) is 5.75 Å². The van der Waals surface area contributed by atoms with E-state index in [0.717, 1.165) is 25.6 Å². The second kappa shape index (κ2) is 13.5. The van der Waals surface area contributed by atoms with Crippen LogP contribution < -0.4 is 10.1 Å². The molecule has 0 aliphatic rings. The minimum atomic E-state index is -0.666. The molecule has 0 spiro atoms. The van der Waals surface area contributed by atoms with E-state index in [2.05, 4.69) is 43.8 Å². The highest BCUT2D eigenvalue weighted by molar-refractivity contribution is 14.1. The van der Waals surface area contributed by atoms with Gasteiger partial charge in [-0.1, -0.05) is 65.3 Å². The molecular formula is C27H28BrIN2O3. The first-order valence-electron chi connectivity index (χ1n) is 11.2. The third-order valence-electron chi connectivity index (χ3n) is 5.24. The Labute approximate surface area is 223 Å². The Kier molecular flexibility index (Phi) is 10.4. The van der Waals surface area contributed by atoms with Gasteiger partial charge in [-0.2, -0.15) is 0 Å². The highest BCUT2D eigenvalue weighted by Gasteiger charge is 2.30. The van der Waals surface area contributed by atoms with E-state index in [4.69, 9.17) is 4.74 Å². The minimum absolute atomic E-state index is 0.152. The molecule has 0 saturated carbocycles. The SMILES string of the molecule is CCCNC(=O)[C@@H](Cc1ccccc1)N(Cc1cccc(Br)c1)C(=O)COc1ccc(I)cc1. The molecule has 34 heavy (non-hydrogen) atoms. The Hall–Kier alpha value is -2.39. The van der Waals surface area contributed by atoms with Gasteiger partial charge in [0.25, 0.3) is 5.91 Å². The average Bonchev–Trinajstić information content (AvgIpc) is 2.85. The van der Waals surface area contributed by atoms with E-state index in [0.29, 0.717) is 25.3 Å². The Balaban J connectivity index is 1.88. The van der Waals surface area contributed by atoms with Crippen LogP contribution in [0, 0.1) is 3.57 Å². The monoisotopic (exact) mass is 634 g/mol. The van der Waals surface area contributed by atoms with Crippen molar-refractivity contribution < 1.29 is 14.3 Å². The zero-order chi connectivity index (χ0) is 24.3. The summed E-state index contributed by atoms with van der Waals surface area (Å²) in [6.07, 6.45) is 1.24. The summed E-state index contributed by atoms with van der Waals surface area (Å²) < 4.78 is 7.80. The average molecular weight is 635 g/mol. The van der Waals surface area contributed by atoms with Crippen LogP contribution in [0.15, 0.2) is 83.3 Å². The summed E-state index contributed by atoms with van der Waals surface area (Å²) in [6, 6.07) is 24.4. The quantitative estimate of drug-likeness (QED) is 0.280. The number of benzene rings is 3. The fourth-order valence-electron chi connectivity index (χ4n) is 3.51. The van der Waals surface area contributed by atoms with Crippen molar-refractivity contribution in [1.29, 1.82) is 0 Å². The van der Waals surface area contributed by atoms with E-state index in [9.17, 15) is 9.59 Å². The summed E-state index contributed by atoms with van der Waals surface area (Å²) in [5.41, 5.74) is 1.92. The zero-order valence-corrected chi connectivity index (χ0v) is 22.8. The van der Waals surface area contributed by atoms with Gasteiger partial charge in [-0.15, -0.1) is 0 Å². The zero-order valence-electron chi connectivity index (χ0n) is 19.0. The maximum Gasteiger partial charge on any atom is 0.261 e. The predicted octanol–water partition coefficient (Wildman–Crippen LogP) is 5.60. The van der Waals surface area contributed by atoms with E-state index in [1.54, 1.807) is 4.90 Å². The van der Waals surface area contributed by atoms with Crippen molar-refractivity contribution in [2.45, 2.75) is 32.4 Å². The summed E-state index contributed by atoms with van der Waals surface area (Å²) >= 11 is 5.72. The van der Waals surface area contributed by atoms with Gasteiger partial charge < -0.3 is 15.0 Å². The number of rotatable bonds is 11. The summed E-state index contributed by atoms with van der Waals surface area (Å²) in [4.78, 5) is 28.4. The van der Waals surface area contributed by atoms with Crippen molar-refractivity contribution >= 4 is 50.3 Å². The van der Waals surface area contributed by atoms with E-state index in [1.807, 2.05) is 85.8 Å².